The molecule has 21 heavy (non-hydrogen) atoms. The Morgan fingerprint density at radius 3 is 2.67 bits per heavy atom. The van der Waals surface area contributed by atoms with Crippen LogP contribution in [0.2, 0.25) is 0 Å². The van der Waals surface area contributed by atoms with Crippen molar-refractivity contribution in [1.29, 1.82) is 0 Å². The van der Waals surface area contributed by atoms with Crippen LogP contribution in [0.4, 0.5) is 0 Å². The fourth-order valence-corrected chi connectivity index (χ4v) is 3.82. The van der Waals surface area contributed by atoms with E-state index < -0.39 is 0 Å². The number of hydrogen-bond acceptors (Lipinski definition) is 3. The smallest absolute Gasteiger partial charge is 0.124 e. The van der Waals surface area contributed by atoms with Crippen molar-refractivity contribution in [2.75, 3.05) is 26.2 Å². The molecule has 0 bridgehead atoms. The molecule has 1 fully saturated rings. The molecule has 2 aliphatic rings. The van der Waals surface area contributed by atoms with Gasteiger partial charge in [-0.15, -0.1) is 0 Å². The zero-order valence-corrected chi connectivity index (χ0v) is 13.3. The minimum absolute atomic E-state index is 0.401. The van der Waals surface area contributed by atoms with Gasteiger partial charge in [-0.05, 0) is 44.5 Å². The van der Waals surface area contributed by atoms with Crippen LogP contribution in [0.25, 0.3) is 0 Å². The molecule has 1 N–H and O–H groups in total. The molecule has 0 amide bonds. The molecule has 2 aliphatic heterocycles. The minimum atomic E-state index is 0.401. The lowest BCUT2D eigenvalue weighted by molar-refractivity contribution is 0.0572. The maximum absolute atomic E-state index is 6.04. The van der Waals surface area contributed by atoms with Gasteiger partial charge < -0.3 is 10.1 Å². The van der Waals surface area contributed by atoms with Crippen LogP contribution in [0.5, 0.6) is 5.75 Å². The van der Waals surface area contributed by atoms with Gasteiger partial charge in [0.25, 0.3) is 0 Å². The second kappa shape index (κ2) is 6.80. The third-order valence-electron chi connectivity index (χ3n) is 5.17. The number of nitrogens with one attached hydrogen (secondary N) is 1. The van der Waals surface area contributed by atoms with Crippen molar-refractivity contribution in [1.82, 2.24) is 10.2 Å². The molecule has 0 aromatic heterocycles. The number of rotatable bonds is 4. The molecule has 1 aromatic rings. The number of likely N-dealkylation sites (tertiary alicyclic amines) is 1. The number of para-hydroxylation sites is 1. The van der Waals surface area contributed by atoms with Gasteiger partial charge in [-0.3, -0.25) is 4.90 Å². The van der Waals surface area contributed by atoms with Crippen LogP contribution < -0.4 is 10.1 Å². The molecular formula is C18H28N2O. The Labute approximate surface area is 128 Å². The van der Waals surface area contributed by atoms with E-state index in [-0.39, 0.29) is 0 Å². The summed E-state index contributed by atoms with van der Waals surface area (Å²) >= 11 is 0. The number of likely N-dealkylation sites (N-methyl/N-ethyl adjacent to an activating group) is 1. The van der Waals surface area contributed by atoms with E-state index in [4.69, 9.17) is 4.74 Å². The highest BCUT2D eigenvalue weighted by atomic mass is 16.5. The van der Waals surface area contributed by atoms with E-state index >= 15 is 0 Å². The molecule has 0 radical (unpaired) electrons. The average molecular weight is 288 g/mol. The van der Waals surface area contributed by atoms with Gasteiger partial charge in [-0.25, -0.2) is 0 Å². The number of fused-ring (bicyclic) bond motifs is 1. The second-order valence-corrected chi connectivity index (χ2v) is 6.34. The van der Waals surface area contributed by atoms with E-state index in [2.05, 4.69) is 48.3 Å². The van der Waals surface area contributed by atoms with Crippen molar-refractivity contribution in [2.24, 2.45) is 5.92 Å². The van der Waals surface area contributed by atoms with Gasteiger partial charge in [0.2, 0.25) is 0 Å². The largest absolute Gasteiger partial charge is 0.492 e. The maximum Gasteiger partial charge on any atom is 0.124 e. The van der Waals surface area contributed by atoms with Crippen LogP contribution in [0, 0.1) is 5.92 Å². The monoisotopic (exact) mass is 288 g/mol. The Balaban J connectivity index is 1.76. The molecule has 3 heteroatoms. The van der Waals surface area contributed by atoms with E-state index in [1.54, 1.807) is 0 Å². The Morgan fingerprint density at radius 1 is 1.19 bits per heavy atom. The molecule has 2 atom stereocenters. The molecule has 0 spiro atoms. The summed E-state index contributed by atoms with van der Waals surface area (Å²) in [4.78, 5) is 2.65. The topological polar surface area (TPSA) is 24.5 Å². The highest BCUT2D eigenvalue weighted by Crippen LogP contribution is 2.35. The van der Waals surface area contributed by atoms with Crippen LogP contribution >= 0.6 is 0 Å². The zero-order chi connectivity index (χ0) is 14.7. The van der Waals surface area contributed by atoms with Crippen LogP contribution in [-0.4, -0.2) is 37.2 Å². The first-order valence-corrected chi connectivity index (χ1v) is 8.52. The summed E-state index contributed by atoms with van der Waals surface area (Å²) < 4.78 is 6.04. The first kappa shape index (κ1) is 14.9. The zero-order valence-electron chi connectivity index (χ0n) is 13.3. The summed E-state index contributed by atoms with van der Waals surface area (Å²) in [5.74, 6) is 1.98. The summed E-state index contributed by atoms with van der Waals surface area (Å²) in [7, 11) is 0. The fraction of sp³-hybridized carbons (Fsp3) is 0.667. The average Bonchev–Trinajstić information content (AvgIpc) is 2.55. The molecule has 3 nitrogen and oxygen atoms in total. The number of benzene rings is 1. The van der Waals surface area contributed by atoms with Gasteiger partial charge in [-0.1, -0.05) is 38.5 Å². The summed E-state index contributed by atoms with van der Waals surface area (Å²) in [5, 5.41) is 3.69. The van der Waals surface area contributed by atoms with Crippen molar-refractivity contribution in [3.8, 4) is 5.75 Å². The van der Waals surface area contributed by atoms with Crippen LogP contribution in [0.1, 0.15) is 44.7 Å². The SMILES string of the molecule is CCNC1c2ccccc2OCC1N1CCC(CC)CC1. The Kier molecular flexibility index (Phi) is 4.81. The predicted molar refractivity (Wildman–Crippen MR) is 86.7 cm³/mol. The van der Waals surface area contributed by atoms with E-state index in [1.165, 1.54) is 37.9 Å². The number of hydrogen-bond donors (Lipinski definition) is 1. The molecule has 116 valence electrons. The summed E-state index contributed by atoms with van der Waals surface area (Å²) in [6, 6.07) is 9.37. The molecule has 2 unspecified atom stereocenters. The number of piperidine rings is 1. The lowest BCUT2D eigenvalue weighted by atomic mass is 9.90. The first-order valence-electron chi connectivity index (χ1n) is 8.52. The summed E-state index contributed by atoms with van der Waals surface area (Å²) in [6.07, 6.45) is 4.01. The number of ether oxygens (including phenoxy) is 1. The summed E-state index contributed by atoms with van der Waals surface area (Å²) in [6.45, 7) is 8.76. The third kappa shape index (κ3) is 3.09. The molecule has 0 saturated carbocycles. The predicted octanol–water partition coefficient (Wildman–Crippen LogP) is 3.22. The molecule has 1 aromatic carbocycles. The van der Waals surface area contributed by atoms with Crippen molar-refractivity contribution in [2.45, 2.75) is 45.2 Å². The highest BCUT2D eigenvalue weighted by molar-refractivity contribution is 5.38. The van der Waals surface area contributed by atoms with Crippen LogP contribution in [0.15, 0.2) is 24.3 Å². The Hall–Kier alpha value is -1.06. The third-order valence-corrected chi connectivity index (χ3v) is 5.17. The fourth-order valence-electron chi connectivity index (χ4n) is 3.82. The molecule has 0 aliphatic carbocycles. The van der Waals surface area contributed by atoms with Crippen LogP contribution in [0.3, 0.4) is 0 Å². The van der Waals surface area contributed by atoms with E-state index in [9.17, 15) is 0 Å². The Morgan fingerprint density at radius 2 is 1.95 bits per heavy atom. The van der Waals surface area contributed by atoms with Gasteiger partial charge in [0.1, 0.15) is 12.4 Å². The van der Waals surface area contributed by atoms with Crippen molar-refractivity contribution < 1.29 is 4.74 Å². The van der Waals surface area contributed by atoms with Gasteiger partial charge in [0, 0.05) is 5.56 Å². The van der Waals surface area contributed by atoms with Gasteiger partial charge in [-0.2, -0.15) is 0 Å². The lowest BCUT2D eigenvalue weighted by Gasteiger charge is -2.43. The van der Waals surface area contributed by atoms with Gasteiger partial charge in [0.05, 0.1) is 12.1 Å². The van der Waals surface area contributed by atoms with Crippen molar-refractivity contribution >= 4 is 0 Å². The van der Waals surface area contributed by atoms with Crippen molar-refractivity contribution in [3.63, 3.8) is 0 Å². The van der Waals surface area contributed by atoms with Crippen molar-refractivity contribution in [3.05, 3.63) is 29.8 Å². The Bertz CT molecular complexity index is 454. The van der Waals surface area contributed by atoms with Crippen LogP contribution in [-0.2, 0) is 0 Å². The quantitative estimate of drug-likeness (QED) is 0.920. The van der Waals surface area contributed by atoms with Gasteiger partial charge in [0.15, 0.2) is 0 Å². The molecule has 2 heterocycles. The normalized spacial score (nSPS) is 27.1. The van der Waals surface area contributed by atoms with E-state index in [0.717, 1.165) is 24.8 Å². The molecule has 1 saturated heterocycles. The van der Waals surface area contributed by atoms with E-state index in [1.807, 2.05) is 0 Å². The molecule has 3 rings (SSSR count). The molecular weight excluding hydrogens is 260 g/mol. The minimum Gasteiger partial charge on any atom is -0.492 e. The maximum atomic E-state index is 6.04. The standard InChI is InChI=1S/C18H28N2O/c1-3-14-9-11-20(12-10-14)16-13-21-17-8-6-5-7-15(17)18(16)19-4-2/h5-8,14,16,18-19H,3-4,9-13H2,1-2H3. The lowest BCUT2D eigenvalue weighted by Crippen LogP contribution is -2.52. The van der Waals surface area contributed by atoms with Gasteiger partial charge >= 0.3 is 0 Å². The first-order chi connectivity index (χ1) is 10.3. The highest BCUT2D eigenvalue weighted by Gasteiger charge is 2.35. The second-order valence-electron chi connectivity index (χ2n) is 6.34. The number of nitrogens with zero attached hydrogens (tertiary/aromatic N) is 1. The summed E-state index contributed by atoms with van der Waals surface area (Å²) in [5.41, 5.74) is 1.33. The van der Waals surface area contributed by atoms with E-state index in [0.29, 0.717) is 12.1 Å².